The third kappa shape index (κ3) is 5.61. The van der Waals surface area contributed by atoms with Crippen molar-refractivity contribution in [3.05, 3.63) is 24.3 Å². The molecule has 3 N–H and O–H groups in total. The number of carbonyl (C=O) groups excluding carboxylic acids is 1. The Morgan fingerprint density at radius 1 is 1.42 bits per heavy atom. The van der Waals surface area contributed by atoms with Gasteiger partial charge in [0.1, 0.15) is 5.75 Å². The number of likely N-dealkylation sites (N-methyl/N-ethyl adjacent to an activating group) is 1. The van der Waals surface area contributed by atoms with Crippen molar-refractivity contribution < 1.29 is 9.53 Å². The molecule has 0 saturated carbocycles. The number of hydrogen-bond acceptors (Lipinski definition) is 4. The van der Waals surface area contributed by atoms with E-state index in [9.17, 15) is 4.79 Å². The molecule has 19 heavy (non-hydrogen) atoms. The van der Waals surface area contributed by atoms with Crippen molar-refractivity contribution in [2.24, 2.45) is 0 Å². The lowest BCUT2D eigenvalue weighted by atomic mass is 10.3. The van der Waals surface area contributed by atoms with Crippen LogP contribution >= 0.6 is 0 Å². The van der Waals surface area contributed by atoms with Crippen LogP contribution in [0.25, 0.3) is 0 Å². The maximum atomic E-state index is 11.6. The number of benzene rings is 1. The molecule has 0 saturated heterocycles. The largest absolute Gasteiger partial charge is 0.482 e. The number of carbonyl (C=O) groups is 1. The molecule has 1 rings (SSSR count). The van der Waals surface area contributed by atoms with E-state index < -0.39 is 0 Å². The number of amides is 1. The van der Waals surface area contributed by atoms with Gasteiger partial charge in [-0.1, -0.05) is 12.1 Å². The number of nitrogens with zero attached hydrogens (tertiary/aromatic N) is 1. The molecule has 0 bridgehead atoms. The molecule has 5 heteroatoms. The number of nitrogen functional groups attached to an aromatic ring is 1. The van der Waals surface area contributed by atoms with E-state index in [4.69, 9.17) is 10.5 Å². The fourth-order valence-electron chi connectivity index (χ4n) is 1.44. The Hall–Kier alpha value is -1.75. The van der Waals surface area contributed by atoms with Gasteiger partial charge < -0.3 is 20.7 Å². The zero-order valence-electron chi connectivity index (χ0n) is 11.8. The predicted octanol–water partition coefficient (Wildman–Crippen LogP) is 1.10. The summed E-state index contributed by atoms with van der Waals surface area (Å²) in [5, 5.41) is 2.81. The highest BCUT2D eigenvalue weighted by molar-refractivity contribution is 5.77. The van der Waals surface area contributed by atoms with E-state index in [-0.39, 0.29) is 12.5 Å². The Kier molecular flexibility index (Phi) is 6.15. The maximum Gasteiger partial charge on any atom is 0.257 e. The summed E-state index contributed by atoms with van der Waals surface area (Å²) in [6.07, 6.45) is 0. The molecule has 0 radical (unpaired) electrons. The van der Waals surface area contributed by atoms with E-state index in [1.807, 2.05) is 19.2 Å². The molecule has 0 fully saturated rings. The summed E-state index contributed by atoms with van der Waals surface area (Å²) in [7, 11) is 2.03. The number of para-hydroxylation sites is 2. The number of rotatable bonds is 7. The van der Waals surface area contributed by atoms with Crippen LogP contribution in [-0.2, 0) is 4.79 Å². The fourth-order valence-corrected chi connectivity index (χ4v) is 1.44. The van der Waals surface area contributed by atoms with Gasteiger partial charge in [-0.3, -0.25) is 4.79 Å². The molecule has 0 aliphatic heterocycles. The summed E-state index contributed by atoms with van der Waals surface area (Å²) in [4.78, 5) is 13.7. The molecule has 1 amide bonds. The standard InChI is InChI=1S/C14H23N3O2/c1-11(2)17(3)9-8-16-14(18)10-19-13-7-5-4-6-12(13)15/h4-7,11H,8-10,15H2,1-3H3,(H,16,18). The van der Waals surface area contributed by atoms with E-state index in [0.29, 0.717) is 24.0 Å². The van der Waals surface area contributed by atoms with Crippen LogP contribution in [-0.4, -0.2) is 43.6 Å². The highest BCUT2D eigenvalue weighted by atomic mass is 16.5. The first-order valence-electron chi connectivity index (χ1n) is 6.45. The summed E-state index contributed by atoms with van der Waals surface area (Å²) in [6, 6.07) is 7.60. The van der Waals surface area contributed by atoms with Crippen LogP contribution in [0, 0.1) is 0 Å². The molecular formula is C14H23N3O2. The van der Waals surface area contributed by atoms with Crippen LogP contribution in [0.2, 0.25) is 0 Å². The van der Waals surface area contributed by atoms with Crippen molar-refractivity contribution in [1.82, 2.24) is 10.2 Å². The third-order valence-electron chi connectivity index (χ3n) is 2.95. The molecule has 1 aromatic carbocycles. The zero-order chi connectivity index (χ0) is 14.3. The fraction of sp³-hybridized carbons (Fsp3) is 0.500. The average Bonchev–Trinajstić information content (AvgIpc) is 2.37. The van der Waals surface area contributed by atoms with Crippen LogP contribution < -0.4 is 15.8 Å². The van der Waals surface area contributed by atoms with Crippen LogP contribution in [0.5, 0.6) is 5.75 Å². The molecule has 0 unspecified atom stereocenters. The second-order valence-electron chi connectivity index (χ2n) is 4.75. The molecule has 0 aliphatic carbocycles. The number of ether oxygens (including phenoxy) is 1. The minimum atomic E-state index is -0.139. The number of anilines is 1. The lowest BCUT2D eigenvalue weighted by Crippen LogP contribution is -2.37. The van der Waals surface area contributed by atoms with E-state index in [1.165, 1.54) is 0 Å². The summed E-state index contributed by atoms with van der Waals surface area (Å²) in [5.74, 6) is 0.400. The van der Waals surface area contributed by atoms with Gasteiger partial charge in [0.25, 0.3) is 5.91 Å². The lowest BCUT2D eigenvalue weighted by Gasteiger charge is -2.20. The predicted molar refractivity (Wildman–Crippen MR) is 77.1 cm³/mol. The monoisotopic (exact) mass is 265 g/mol. The van der Waals surface area contributed by atoms with Gasteiger partial charge in [-0.25, -0.2) is 0 Å². The zero-order valence-corrected chi connectivity index (χ0v) is 11.8. The third-order valence-corrected chi connectivity index (χ3v) is 2.95. The van der Waals surface area contributed by atoms with E-state index >= 15 is 0 Å². The second-order valence-corrected chi connectivity index (χ2v) is 4.75. The highest BCUT2D eigenvalue weighted by Crippen LogP contribution is 2.19. The Balaban J connectivity index is 2.24. The normalized spacial score (nSPS) is 10.8. The van der Waals surface area contributed by atoms with Gasteiger partial charge in [0.2, 0.25) is 0 Å². The summed E-state index contributed by atoms with van der Waals surface area (Å²) >= 11 is 0. The molecule has 0 spiro atoms. The molecule has 106 valence electrons. The minimum absolute atomic E-state index is 0.0143. The van der Waals surface area contributed by atoms with Crippen molar-refractivity contribution in [3.8, 4) is 5.75 Å². The van der Waals surface area contributed by atoms with E-state index in [0.717, 1.165) is 6.54 Å². The smallest absolute Gasteiger partial charge is 0.257 e. The van der Waals surface area contributed by atoms with Crippen LogP contribution in [0.4, 0.5) is 5.69 Å². The van der Waals surface area contributed by atoms with Crippen LogP contribution in [0.15, 0.2) is 24.3 Å². The van der Waals surface area contributed by atoms with Crippen molar-refractivity contribution in [3.63, 3.8) is 0 Å². The molecule has 1 aromatic rings. The van der Waals surface area contributed by atoms with Crippen molar-refractivity contribution in [2.45, 2.75) is 19.9 Å². The van der Waals surface area contributed by atoms with Gasteiger partial charge in [-0.05, 0) is 33.0 Å². The molecular weight excluding hydrogens is 242 g/mol. The molecule has 0 heterocycles. The van der Waals surface area contributed by atoms with Crippen LogP contribution in [0.1, 0.15) is 13.8 Å². The van der Waals surface area contributed by atoms with Gasteiger partial charge in [0.05, 0.1) is 5.69 Å². The number of hydrogen-bond donors (Lipinski definition) is 2. The summed E-state index contributed by atoms with van der Waals surface area (Å²) < 4.78 is 5.35. The molecule has 0 aliphatic rings. The Morgan fingerprint density at radius 3 is 2.74 bits per heavy atom. The number of nitrogens with two attached hydrogens (primary N) is 1. The maximum absolute atomic E-state index is 11.6. The van der Waals surface area contributed by atoms with Crippen molar-refractivity contribution in [2.75, 3.05) is 32.5 Å². The van der Waals surface area contributed by atoms with Crippen molar-refractivity contribution >= 4 is 11.6 Å². The van der Waals surface area contributed by atoms with Gasteiger partial charge in [0.15, 0.2) is 6.61 Å². The Bertz CT molecular complexity index is 407. The summed E-state index contributed by atoms with van der Waals surface area (Å²) in [5.41, 5.74) is 6.25. The molecule has 0 atom stereocenters. The SMILES string of the molecule is CC(C)N(C)CCNC(=O)COc1ccccc1N. The first-order valence-corrected chi connectivity index (χ1v) is 6.45. The van der Waals surface area contributed by atoms with Gasteiger partial charge >= 0.3 is 0 Å². The summed E-state index contributed by atoms with van der Waals surface area (Å²) in [6.45, 7) is 5.64. The average molecular weight is 265 g/mol. The Labute approximate surface area is 114 Å². The van der Waals surface area contributed by atoms with Crippen LogP contribution in [0.3, 0.4) is 0 Å². The number of nitrogens with one attached hydrogen (secondary N) is 1. The second kappa shape index (κ2) is 7.63. The lowest BCUT2D eigenvalue weighted by molar-refractivity contribution is -0.123. The van der Waals surface area contributed by atoms with Gasteiger partial charge in [-0.2, -0.15) is 0 Å². The van der Waals surface area contributed by atoms with E-state index in [2.05, 4.69) is 24.1 Å². The highest BCUT2D eigenvalue weighted by Gasteiger charge is 2.06. The van der Waals surface area contributed by atoms with Gasteiger partial charge in [-0.15, -0.1) is 0 Å². The molecule has 5 nitrogen and oxygen atoms in total. The molecule has 0 aromatic heterocycles. The van der Waals surface area contributed by atoms with E-state index in [1.54, 1.807) is 12.1 Å². The first-order chi connectivity index (χ1) is 9.00. The first kappa shape index (κ1) is 15.3. The quantitative estimate of drug-likeness (QED) is 0.725. The minimum Gasteiger partial charge on any atom is -0.482 e. The van der Waals surface area contributed by atoms with Gasteiger partial charge in [0, 0.05) is 19.1 Å². The van der Waals surface area contributed by atoms with Crippen molar-refractivity contribution in [1.29, 1.82) is 0 Å². The topological polar surface area (TPSA) is 67.6 Å². The Morgan fingerprint density at radius 2 is 2.11 bits per heavy atom.